The number of aromatic nitrogens is 2. The number of carbonyl (C=O) groups excluding carboxylic acids is 1. The number of halogens is 3. The Kier molecular flexibility index (Phi) is 6.82. The third-order valence-corrected chi connectivity index (χ3v) is 9.92. The number of hydrogen-bond acceptors (Lipinski definition) is 3. The molecule has 0 radical (unpaired) electrons. The predicted molar refractivity (Wildman–Crippen MR) is 159 cm³/mol. The molecule has 0 aliphatic heterocycles. The lowest BCUT2D eigenvalue weighted by Crippen LogP contribution is -2.64. The van der Waals surface area contributed by atoms with Crippen LogP contribution in [0.3, 0.4) is 0 Å². The minimum absolute atomic E-state index is 0.196. The summed E-state index contributed by atoms with van der Waals surface area (Å²) < 4.78 is 1.72. The van der Waals surface area contributed by atoms with Crippen molar-refractivity contribution >= 4 is 40.7 Å². The van der Waals surface area contributed by atoms with Gasteiger partial charge in [-0.25, -0.2) is 4.68 Å². The van der Waals surface area contributed by atoms with Gasteiger partial charge in [0.25, 0.3) is 5.91 Å². The van der Waals surface area contributed by atoms with E-state index in [9.17, 15) is 4.79 Å². The molecule has 1 heterocycles. The maximum atomic E-state index is 13.4. The minimum atomic E-state index is -0.196. The van der Waals surface area contributed by atoms with Crippen molar-refractivity contribution in [1.29, 1.82) is 0 Å². The standard InChI is InChI=1S/C31H35Cl3N4O/c1-19-26(28(39)35-10-11-36-31-15-20-13-29(2,17-31)16-30(3,14-20)18-31)37-38(25-9-8-23(33)12-24(25)34)27(19)21-4-6-22(32)7-5-21/h4-9,12,20,36H,10-11,13-18H2,1-3H3,(H,35,39)/t20-,29+,30-,31-. The summed E-state index contributed by atoms with van der Waals surface area (Å²) in [6.45, 7) is 8.18. The maximum Gasteiger partial charge on any atom is 0.272 e. The van der Waals surface area contributed by atoms with Gasteiger partial charge in [0.05, 0.1) is 16.4 Å². The van der Waals surface area contributed by atoms with E-state index >= 15 is 0 Å². The summed E-state index contributed by atoms with van der Waals surface area (Å²) >= 11 is 18.9. The van der Waals surface area contributed by atoms with Crippen LogP contribution in [0.2, 0.25) is 15.1 Å². The van der Waals surface area contributed by atoms with E-state index in [-0.39, 0.29) is 11.4 Å². The van der Waals surface area contributed by atoms with Crippen molar-refractivity contribution in [3.05, 3.63) is 68.8 Å². The summed E-state index contributed by atoms with van der Waals surface area (Å²) in [6, 6.07) is 12.8. The van der Waals surface area contributed by atoms with Gasteiger partial charge in [-0.15, -0.1) is 0 Å². The van der Waals surface area contributed by atoms with E-state index in [2.05, 4.69) is 24.5 Å². The monoisotopic (exact) mass is 584 g/mol. The van der Waals surface area contributed by atoms with Crippen molar-refractivity contribution in [2.45, 2.75) is 64.8 Å². The molecule has 1 amide bonds. The minimum Gasteiger partial charge on any atom is -0.349 e. The van der Waals surface area contributed by atoms with E-state index in [0.717, 1.165) is 29.3 Å². The van der Waals surface area contributed by atoms with Gasteiger partial charge in [-0.1, -0.05) is 60.8 Å². The third-order valence-electron chi connectivity index (χ3n) is 9.13. The number of nitrogens with zero attached hydrogens (tertiary/aromatic N) is 2. The van der Waals surface area contributed by atoms with Crippen LogP contribution >= 0.6 is 34.8 Å². The van der Waals surface area contributed by atoms with Crippen LogP contribution in [0.4, 0.5) is 0 Å². The highest BCUT2D eigenvalue weighted by atomic mass is 35.5. The summed E-state index contributed by atoms with van der Waals surface area (Å²) in [4.78, 5) is 13.4. The van der Waals surface area contributed by atoms with Crippen LogP contribution in [-0.2, 0) is 0 Å². The smallest absolute Gasteiger partial charge is 0.272 e. The molecule has 2 aromatic carbocycles. The molecule has 4 bridgehead atoms. The number of benzene rings is 2. The molecule has 4 atom stereocenters. The molecule has 3 aromatic rings. The zero-order valence-corrected chi connectivity index (χ0v) is 25.0. The number of hydrogen-bond donors (Lipinski definition) is 2. The van der Waals surface area contributed by atoms with Crippen LogP contribution in [0, 0.1) is 23.7 Å². The average Bonchev–Trinajstić information content (AvgIpc) is 3.17. The van der Waals surface area contributed by atoms with Gasteiger partial charge in [-0.2, -0.15) is 5.10 Å². The Morgan fingerprint density at radius 3 is 2.26 bits per heavy atom. The first-order valence-electron chi connectivity index (χ1n) is 13.8. The van der Waals surface area contributed by atoms with Crippen molar-refractivity contribution in [2.24, 2.45) is 16.7 Å². The molecule has 39 heavy (non-hydrogen) atoms. The number of rotatable bonds is 7. The summed E-state index contributed by atoms with van der Waals surface area (Å²) in [5, 5.41) is 13.4. The lowest BCUT2D eigenvalue weighted by atomic mass is 9.43. The summed E-state index contributed by atoms with van der Waals surface area (Å²) in [7, 11) is 0. The topological polar surface area (TPSA) is 59.0 Å². The number of carbonyl (C=O) groups is 1. The van der Waals surface area contributed by atoms with Crippen LogP contribution < -0.4 is 10.6 Å². The molecule has 2 N–H and O–H groups in total. The molecule has 206 valence electrons. The molecule has 0 saturated heterocycles. The van der Waals surface area contributed by atoms with Crippen LogP contribution in [-0.4, -0.2) is 34.3 Å². The van der Waals surface area contributed by atoms with Gasteiger partial charge in [0.15, 0.2) is 5.69 Å². The molecule has 5 nitrogen and oxygen atoms in total. The highest BCUT2D eigenvalue weighted by Crippen LogP contribution is 2.66. The van der Waals surface area contributed by atoms with Crippen molar-refractivity contribution in [1.82, 2.24) is 20.4 Å². The molecule has 4 aliphatic carbocycles. The first-order valence-corrected chi connectivity index (χ1v) is 14.9. The van der Waals surface area contributed by atoms with Crippen LogP contribution in [0.25, 0.3) is 16.9 Å². The fourth-order valence-corrected chi connectivity index (χ4v) is 9.33. The highest BCUT2D eigenvalue weighted by Gasteiger charge is 2.59. The van der Waals surface area contributed by atoms with Crippen LogP contribution in [0.5, 0.6) is 0 Å². The van der Waals surface area contributed by atoms with Gasteiger partial charge >= 0.3 is 0 Å². The van der Waals surface area contributed by atoms with Crippen molar-refractivity contribution < 1.29 is 4.79 Å². The quantitative estimate of drug-likeness (QED) is 0.277. The molecule has 4 aliphatic rings. The zero-order valence-electron chi connectivity index (χ0n) is 22.7. The van der Waals surface area contributed by atoms with Crippen LogP contribution in [0.15, 0.2) is 42.5 Å². The Hall–Kier alpha value is -2.05. The molecule has 4 fully saturated rings. The van der Waals surface area contributed by atoms with Gasteiger partial charge in [0.1, 0.15) is 0 Å². The van der Waals surface area contributed by atoms with E-state index in [1.54, 1.807) is 16.8 Å². The second kappa shape index (κ2) is 9.80. The van der Waals surface area contributed by atoms with Crippen molar-refractivity contribution in [3.8, 4) is 16.9 Å². The van der Waals surface area contributed by atoms with Crippen molar-refractivity contribution in [2.75, 3.05) is 13.1 Å². The van der Waals surface area contributed by atoms with E-state index < -0.39 is 0 Å². The van der Waals surface area contributed by atoms with Gasteiger partial charge in [0, 0.05) is 39.8 Å². The molecule has 0 unspecified atom stereocenters. The van der Waals surface area contributed by atoms with E-state index in [1.165, 1.54) is 38.5 Å². The van der Waals surface area contributed by atoms with Gasteiger partial charge in [0.2, 0.25) is 0 Å². The van der Waals surface area contributed by atoms with Gasteiger partial charge in [-0.05, 0) is 92.5 Å². The fraction of sp³-hybridized carbons (Fsp3) is 0.484. The third kappa shape index (κ3) is 5.12. The SMILES string of the molecule is Cc1c(C(=O)NCCN[C@@]23C[C@@H]4C[C@@](C)(C[C@@](C)(C4)C2)C3)nn(-c2ccc(Cl)cc2Cl)c1-c1ccc(Cl)cc1. The molecule has 4 saturated carbocycles. The molecular formula is C31H35Cl3N4O. The molecule has 8 heteroatoms. The Morgan fingerprint density at radius 1 is 0.949 bits per heavy atom. The Balaban J connectivity index is 1.21. The second-order valence-corrected chi connectivity index (χ2v) is 14.2. The van der Waals surface area contributed by atoms with E-state index in [0.29, 0.717) is 43.8 Å². The summed E-state index contributed by atoms with van der Waals surface area (Å²) in [6.07, 6.45) is 7.86. The first-order chi connectivity index (χ1) is 18.5. The van der Waals surface area contributed by atoms with Crippen molar-refractivity contribution in [3.63, 3.8) is 0 Å². The number of amides is 1. The van der Waals surface area contributed by atoms with Gasteiger partial charge in [-0.3, -0.25) is 4.79 Å². The summed E-state index contributed by atoms with van der Waals surface area (Å²) in [5.41, 5.74) is 4.59. The maximum absolute atomic E-state index is 13.4. The van der Waals surface area contributed by atoms with Crippen LogP contribution in [0.1, 0.15) is 68.4 Å². The predicted octanol–water partition coefficient (Wildman–Crippen LogP) is 7.88. The Bertz CT molecular complexity index is 1410. The molecule has 1 aromatic heterocycles. The number of nitrogens with one attached hydrogen (secondary N) is 2. The molecular weight excluding hydrogens is 551 g/mol. The Labute approximate surface area is 245 Å². The first kappa shape index (κ1) is 27.1. The normalized spacial score (nSPS) is 29.1. The molecule has 0 spiro atoms. The zero-order chi connectivity index (χ0) is 27.6. The Morgan fingerprint density at radius 2 is 1.62 bits per heavy atom. The van der Waals surface area contributed by atoms with E-state index in [4.69, 9.17) is 39.9 Å². The largest absolute Gasteiger partial charge is 0.349 e. The molecule has 7 rings (SSSR count). The second-order valence-electron chi connectivity index (χ2n) is 12.9. The lowest BCUT2D eigenvalue weighted by molar-refractivity contribution is -0.117. The highest BCUT2D eigenvalue weighted by molar-refractivity contribution is 6.35. The van der Waals surface area contributed by atoms with E-state index in [1.807, 2.05) is 37.3 Å². The van der Waals surface area contributed by atoms with Gasteiger partial charge < -0.3 is 10.6 Å². The fourth-order valence-electron chi connectivity index (χ4n) is 8.72. The average molecular weight is 586 g/mol. The lowest BCUT2D eigenvalue weighted by Gasteiger charge is -2.65. The summed E-state index contributed by atoms with van der Waals surface area (Å²) in [5.74, 6) is 0.633.